The molecule has 0 radical (unpaired) electrons. The number of nitrogens with zero attached hydrogens (tertiary/aromatic N) is 2. The number of fused-ring (bicyclic) bond motifs is 2. The van der Waals surface area contributed by atoms with Gasteiger partial charge in [0.25, 0.3) is 0 Å². The molecule has 0 aliphatic heterocycles. The van der Waals surface area contributed by atoms with Crippen molar-refractivity contribution in [3.63, 3.8) is 0 Å². The third-order valence-corrected chi connectivity index (χ3v) is 4.79. The van der Waals surface area contributed by atoms with Crippen LogP contribution < -0.4 is 10.9 Å². The van der Waals surface area contributed by atoms with Crippen molar-refractivity contribution >= 4 is 33.3 Å². The highest BCUT2D eigenvalue weighted by Crippen LogP contribution is 2.28. The number of aromatic nitrogens is 2. The summed E-state index contributed by atoms with van der Waals surface area (Å²) in [4.78, 5) is 9.28. The maximum Gasteiger partial charge on any atom is 0.242 e. The molecule has 4 rings (SSSR count). The van der Waals surface area contributed by atoms with E-state index in [4.69, 9.17) is 0 Å². The summed E-state index contributed by atoms with van der Waals surface area (Å²) in [6, 6.07) is 16.9. The fourth-order valence-electron chi connectivity index (χ4n) is 3.41. The van der Waals surface area contributed by atoms with E-state index in [1.807, 2.05) is 13.0 Å². The number of aryl methyl sites for hydroxylation is 4. The van der Waals surface area contributed by atoms with Gasteiger partial charge in [0.1, 0.15) is 0 Å². The van der Waals surface area contributed by atoms with E-state index >= 15 is 0 Å². The Morgan fingerprint density at radius 3 is 2.23 bits per heavy atom. The van der Waals surface area contributed by atoms with Gasteiger partial charge in [0, 0.05) is 10.8 Å². The van der Waals surface area contributed by atoms with E-state index in [1.54, 1.807) is 0 Å². The zero-order chi connectivity index (χ0) is 18.3. The molecule has 4 heteroatoms. The van der Waals surface area contributed by atoms with Crippen LogP contribution in [0.2, 0.25) is 0 Å². The molecule has 0 bridgehead atoms. The van der Waals surface area contributed by atoms with Crippen molar-refractivity contribution in [2.45, 2.75) is 27.7 Å². The molecule has 26 heavy (non-hydrogen) atoms. The third-order valence-electron chi connectivity index (χ3n) is 4.79. The summed E-state index contributed by atoms with van der Waals surface area (Å²) < 4.78 is 0. The number of hydrogen-bond acceptors (Lipinski definition) is 4. The lowest BCUT2D eigenvalue weighted by Crippen LogP contribution is -2.13. The number of anilines is 2. The van der Waals surface area contributed by atoms with Crippen LogP contribution in [0.3, 0.4) is 0 Å². The monoisotopic (exact) mass is 342 g/mol. The SMILES string of the molecule is Cc1cc(NNc2nc(C)c3cccc(C)c3n2)c2cccc(C)c2c1. The molecule has 0 unspecified atom stereocenters. The molecule has 4 aromatic rings. The summed E-state index contributed by atoms with van der Waals surface area (Å²) in [5.74, 6) is 0.576. The molecule has 2 N–H and O–H groups in total. The Kier molecular flexibility index (Phi) is 3.96. The number of para-hydroxylation sites is 1. The van der Waals surface area contributed by atoms with Gasteiger partial charge in [-0.05, 0) is 55.8 Å². The zero-order valence-corrected chi connectivity index (χ0v) is 15.5. The van der Waals surface area contributed by atoms with Gasteiger partial charge in [0.2, 0.25) is 5.95 Å². The van der Waals surface area contributed by atoms with Gasteiger partial charge in [-0.3, -0.25) is 10.9 Å². The van der Waals surface area contributed by atoms with E-state index < -0.39 is 0 Å². The van der Waals surface area contributed by atoms with Crippen molar-refractivity contribution in [1.82, 2.24) is 9.97 Å². The molecule has 0 fully saturated rings. The van der Waals surface area contributed by atoms with Gasteiger partial charge in [0.15, 0.2) is 0 Å². The molecule has 4 nitrogen and oxygen atoms in total. The smallest absolute Gasteiger partial charge is 0.242 e. The Morgan fingerprint density at radius 1 is 0.692 bits per heavy atom. The fraction of sp³-hybridized carbons (Fsp3) is 0.182. The minimum Gasteiger partial charge on any atom is -0.298 e. The second-order valence-corrected chi connectivity index (χ2v) is 6.84. The lowest BCUT2D eigenvalue weighted by Gasteiger charge is -2.14. The lowest BCUT2D eigenvalue weighted by molar-refractivity contribution is 1.13. The van der Waals surface area contributed by atoms with Crippen LogP contribution in [0.25, 0.3) is 21.7 Å². The average Bonchev–Trinajstić information content (AvgIpc) is 2.61. The van der Waals surface area contributed by atoms with E-state index in [9.17, 15) is 0 Å². The maximum atomic E-state index is 4.69. The van der Waals surface area contributed by atoms with Crippen molar-refractivity contribution in [3.05, 3.63) is 70.9 Å². The molecule has 0 amide bonds. The third kappa shape index (κ3) is 2.84. The molecule has 0 atom stereocenters. The normalized spacial score (nSPS) is 11.1. The van der Waals surface area contributed by atoms with Crippen LogP contribution >= 0.6 is 0 Å². The molecular formula is C22H22N4. The summed E-state index contributed by atoms with van der Waals surface area (Å²) in [6.45, 7) is 8.33. The molecule has 1 aromatic heterocycles. The predicted octanol–water partition coefficient (Wildman–Crippen LogP) is 5.46. The van der Waals surface area contributed by atoms with Crippen LogP contribution in [0.15, 0.2) is 48.5 Å². The number of nitrogens with one attached hydrogen (secondary N) is 2. The van der Waals surface area contributed by atoms with Crippen LogP contribution in [0.1, 0.15) is 22.4 Å². The number of hydrogen-bond donors (Lipinski definition) is 2. The molecule has 3 aromatic carbocycles. The van der Waals surface area contributed by atoms with Crippen molar-refractivity contribution in [2.75, 3.05) is 10.9 Å². The van der Waals surface area contributed by atoms with E-state index in [2.05, 4.69) is 84.1 Å². The van der Waals surface area contributed by atoms with Crippen molar-refractivity contribution in [1.29, 1.82) is 0 Å². The van der Waals surface area contributed by atoms with Crippen molar-refractivity contribution in [2.24, 2.45) is 0 Å². The van der Waals surface area contributed by atoms with Crippen LogP contribution in [-0.2, 0) is 0 Å². The highest BCUT2D eigenvalue weighted by molar-refractivity contribution is 5.96. The molecular weight excluding hydrogens is 320 g/mol. The maximum absolute atomic E-state index is 4.69. The summed E-state index contributed by atoms with van der Waals surface area (Å²) in [7, 11) is 0. The second kappa shape index (κ2) is 6.30. The Bertz CT molecular complexity index is 1130. The first kappa shape index (κ1) is 16.3. The van der Waals surface area contributed by atoms with E-state index in [-0.39, 0.29) is 0 Å². The van der Waals surface area contributed by atoms with Gasteiger partial charge in [0.05, 0.1) is 16.9 Å². The first-order chi connectivity index (χ1) is 12.5. The largest absolute Gasteiger partial charge is 0.298 e. The summed E-state index contributed by atoms with van der Waals surface area (Å²) in [5.41, 5.74) is 13.1. The van der Waals surface area contributed by atoms with Crippen LogP contribution in [0.4, 0.5) is 11.6 Å². The van der Waals surface area contributed by atoms with Crippen molar-refractivity contribution in [3.8, 4) is 0 Å². The molecule has 0 saturated carbocycles. The average molecular weight is 342 g/mol. The van der Waals surface area contributed by atoms with Gasteiger partial charge in [-0.25, -0.2) is 9.97 Å². The Hall–Kier alpha value is -3.14. The minimum atomic E-state index is 0.576. The fourth-order valence-corrected chi connectivity index (χ4v) is 3.41. The number of rotatable bonds is 3. The highest BCUT2D eigenvalue weighted by Gasteiger charge is 2.08. The molecule has 0 spiro atoms. The van der Waals surface area contributed by atoms with E-state index in [0.717, 1.165) is 27.8 Å². The van der Waals surface area contributed by atoms with Gasteiger partial charge in [-0.1, -0.05) is 42.5 Å². The minimum absolute atomic E-state index is 0.576. The lowest BCUT2D eigenvalue weighted by atomic mass is 10.0. The number of hydrazine groups is 1. The zero-order valence-electron chi connectivity index (χ0n) is 15.5. The quantitative estimate of drug-likeness (QED) is 0.486. The Balaban J connectivity index is 1.72. The number of benzene rings is 3. The molecule has 130 valence electrons. The van der Waals surface area contributed by atoms with Gasteiger partial charge < -0.3 is 0 Å². The molecule has 0 saturated heterocycles. The van der Waals surface area contributed by atoms with Gasteiger partial charge in [-0.2, -0.15) is 0 Å². The molecule has 0 aliphatic carbocycles. The second-order valence-electron chi connectivity index (χ2n) is 6.84. The van der Waals surface area contributed by atoms with Crippen molar-refractivity contribution < 1.29 is 0 Å². The van der Waals surface area contributed by atoms with E-state index in [0.29, 0.717) is 5.95 Å². The van der Waals surface area contributed by atoms with Crippen LogP contribution in [0, 0.1) is 27.7 Å². The van der Waals surface area contributed by atoms with E-state index in [1.165, 1.54) is 21.9 Å². The predicted molar refractivity (Wildman–Crippen MR) is 110 cm³/mol. The highest BCUT2D eigenvalue weighted by atomic mass is 15.4. The molecule has 1 heterocycles. The first-order valence-electron chi connectivity index (χ1n) is 8.79. The summed E-state index contributed by atoms with van der Waals surface area (Å²) in [5, 5.41) is 3.52. The summed E-state index contributed by atoms with van der Waals surface area (Å²) in [6.07, 6.45) is 0. The van der Waals surface area contributed by atoms with Gasteiger partial charge >= 0.3 is 0 Å². The van der Waals surface area contributed by atoms with Crippen LogP contribution in [-0.4, -0.2) is 9.97 Å². The van der Waals surface area contributed by atoms with Gasteiger partial charge in [-0.15, -0.1) is 0 Å². The Morgan fingerprint density at radius 2 is 1.42 bits per heavy atom. The summed E-state index contributed by atoms with van der Waals surface area (Å²) >= 11 is 0. The first-order valence-corrected chi connectivity index (χ1v) is 8.79. The van der Waals surface area contributed by atoms with Crippen LogP contribution in [0.5, 0.6) is 0 Å². The Labute approximate surface area is 153 Å². The standard InChI is InChI=1S/C22H22N4/c1-13-11-19-14(2)7-5-10-18(19)20(12-13)25-26-22-23-16(4)17-9-6-8-15(3)21(17)24-22/h5-12,25H,1-4H3,(H,23,24,26). The topological polar surface area (TPSA) is 49.8 Å². The molecule has 0 aliphatic rings.